The molecule has 0 aliphatic rings. The fourth-order valence-corrected chi connectivity index (χ4v) is 6.51. The highest BCUT2D eigenvalue weighted by Gasteiger charge is 2.17. The molecule has 0 radical (unpaired) electrons. The molecule has 0 amide bonds. The smallest absolute Gasteiger partial charge is 0.306 e. The van der Waals surface area contributed by atoms with Gasteiger partial charge in [0.15, 0.2) is 6.10 Å². The van der Waals surface area contributed by atoms with Crippen LogP contribution in [0.2, 0.25) is 0 Å². The molecule has 0 rings (SSSR count). The van der Waals surface area contributed by atoms with E-state index in [2.05, 4.69) is 161 Å². The van der Waals surface area contributed by atoms with Gasteiger partial charge in [0, 0.05) is 19.4 Å². The second kappa shape index (κ2) is 55.1. The lowest BCUT2D eigenvalue weighted by molar-refractivity contribution is -0.162. The molecule has 0 spiro atoms. The monoisotopic (exact) mass is 909 g/mol. The van der Waals surface area contributed by atoms with Crippen molar-refractivity contribution in [2.45, 2.75) is 207 Å². The highest BCUT2D eigenvalue weighted by atomic mass is 16.6. The molecular formula is C61H96O5. The van der Waals surface area contributed by atoms with Crippen molar-refractivity contribution in [1.29, 1.82) is 0 Å². The van der Waals surface area contributed by atoms with Gasteiger partial charge in [0.05, 0.1) is 6.61 Å². The van der Waals surface area contributed by atoms with Gasteiger partial charge in [0.1, 0.15) is 6.61 Å². The van der Waals surface area contributed by atoms with Gasteiger partial charge in [0.25, 0.3) is 0 Å². The van der Waals surface area contributed by atoms with Crippen LogP contribution in [-0.4, -0.2) is 37.9 Å². The summed E-state index contributed by atoms with van der Waals surface area (Å²) in [6.45, 7) is 7.41. The number of carbonyl (C=O) groups is 2. The molecule has 1 unspecified atom stereocenters. The van der Waals surface area contributed by atoms with Crippen LogP contribution >= 0.6 is 0 Å². The van der Waals surface area contributed by atoms with Crippen molar-refractivity contribution < 1.29 is 23.8 Å². The SMILES string of the molecule is CC/C=C\C/C=C\C/C=C\C/C=C\C/C=C\C/C=C\CCC(=O)OCC(COCCCCCCCC/C=C\CCCCCC)OC(=O)CCC/C=C\C/C=C\C/C=C\C/C=C\C/C=C\CC. The lowest BCUT2D eigenvalue weighted by atomic mass is 10.1. The van der Waals surface area contributed by atoms with Crippen LogP contribution in [0.15, 0.2) is 146 Å². The van der Waals surface area contributed by atoms with Crippen LogP contribution in [0.5, 0.6) is 0 Å². The van der Waals surface area contributed by atoms with E-state index in [1.807, 2.05) is 6.08 Å². The van der Waals surface area contributed by atoms with Gasteiger partial charge >= 0.3 is 11.9 Å². The van der Waals surface area contributed by atoms with Crippen molar-refractivity contribution >= 4 is 11.9 Å². The Bertz CT molecular complexity index is 1450. The van der Waals surface area contributed by atoms with Crippen molar-refractivity contribution in [2.24, 2.45) is 0 Å². The zero-order valence-electron chi connectivity index (χ0n) is 42.4. The quantitative estimate of drug-likeness (QED) is 0.0346. The molecule has 0 saturated carbocycles. The summed E-state index contributed by atoms with van der Waals surface area (Å²) >= 11 is 0. The molecule has 0 aromatic rings. The molecule has 0 aliphatic heterocycles. The largest absolute Gasteiger partial charge is 0.462 e. The van der Waals surface area contributed by atoms with E-state index in [1.54, 1.807) is 0 Å². The van der Waals surface area contributed by atoms with Gasteiger partial charge in [0.2, 0.25) is 0 Å². The predicted molar refractivity (Wildman–Crippen MR) is 288 cm³/mol. The van der Waals surface area contributed by atoms with Gasteiger partial charge in [-0.05, 0) is 122 Å². The summed E-state index contributed by atoms with van der Waals surface area (Å²) in [6, 6.07) is 0. The first-order chi connectivity index (χ1) is 32.6. The maximum Gasteiger partial charge on any atom is 0.306 e. The summed E-state index contributed by atoms with van der Waals surface area (Å²) in [6.07, 6.45) is 80.2. The Kier molecular flexibility index (Phi) is 51.6. The van der Waals surface area contributed by atoms with Crippen LogP contribution in [0.3, 0.4) is 0 Å². The summed E-state index contributed by atoms with van der Waals surface area (Å²) in [5.41, 5.74) is 0. The highest BCUT2D eigenvalue weighted by Crippen LogP contribution is 2.11. The fraction of sp³-hybridized carbons (Fsp3) is 0.574. The van der Waals surface area contributed by atoms with E-state index >= 15 is 0 Å². The Morgan fingerprint density at radius 1 is 0.348 bits per heavy atom. The molecule has 0 heterocycles. The van der Waals surface area contributed by atoms with Crippen molar-refractivity contribution in [2.75, 3.05) is 19.8 Å². The van der Waals surface area contributed by atoms with Gasteiger partial charge in [-0.3, -0.25) is 9.59 Å². The Labute approximate surface area is 406 Å². The minimum Gasteiger partial charge on any atom is -0.462 e. The lowest BCUT2D eigenvalue weighted by Crippen LogP contribution is -2.30. The summed E-state index contributed by atoms with van der Waals surface area (Å²) in [7, 11) is 0. The Morgan fingerprint density at radius 2 is 0.712 bits per heavy atom. The molecule has 0 aromatic carbocycles. The molecular weight excluding hydrogens is 813 g/mol. The van der Waals surface area contributed by atoms with Crippen molar-refractivity contribution in [3.63, 3.8) is 0 Å². The van der Waals surface area contributed by atoms with Gasteiger partial charge < -0.3 is 14.2 Å². The van der Waals surface area contributed by atoms with Gasteiger partial charge in [-0.15, -0.1) is 0 Å². The van der Waals surface area contributed by atoms with Gasteiger partial charge in [-0.25, -0.2) is 0 Å². The maximum atomic E-state index is 12.8. The van der Waals surface area contributed by atoms with E-state index in [4.69, 9.17) is 14.2 Å². The number of hydrogen-bond acceptors (Lipinski definition) is 5. The number of rotatable bonds is 46. The molecule has 5 nitrogen and oxygen atoms in total. The Balaban J connectivity index is 4.53. The summed E-state index contributed by atoms with van der Waals surface area (Å²) < 4.78 is 17.3. The fourth-order valence-electron chi connectivity index (χ4n) is 6.51. The molecule has 0 aliphatic carbocycles. The second-order valence-corrected chi connectivity index (χ2v) is 16.7. The first kappa shape index (κ1) is 61.8. The number of esters is 2. The number of unbranched alkanes of at least 4 members (excludes halogenated alkanes) is 11. The van der Waals surface area contributed by atoms with E-state index in [9.17, 15) is 9.59 Å². The van der Waals surface area contributed by atoms with Crippen LogP contribution in [0.1, 0.15) is 201 Å². The van der Waals surface area contributed by atoms with E-state index in [-0.39, 0.29) is 31.6 Å². The molecule has 0 bridgehead atoms. The summed E-state index contributed by atoms with van der Waals surface area (Å²) in [4.78, 5) is 25.4. The van der Waals surface area contributed by atoms with Crippen molar-refractivity contribution in [3.8, 4) is 0 Å². The molecule has 0 fully saturated rings. The van der Waals surface area contributed by atoms with Crippen LogP contribution in [0.4, 0.5) is 0 Å². The molecule has 1 atom stereocenters. The molecule has 0 aromatic heterocycles. The van der Waals surface area contributed by atoms with E-state index in [1.165, 1.54) is 64.2 Å². The predicted octanol–water partition coefficient (Wildman–Crippen LogP) is 18.1. The van der Waals surface area contributed by atoms with Gasteiger partial charge in [-0.1, -0.05) is 212 Å². The molecule has 0 N–H and O–H groups in total. The summed E-state index contributed by atoms with van der Waals surface area (Å²) in [5, 5.41) is 0. The Hall–Kier alpha value is -4.22. The average Bonchev–Trinajstić information content (AvgIpc) is 3.32. The number of carbonyl (C=O) groups excluding carboxylic acids is 2. The summed E-state index contributed by atoms with van der Waals surface area (Å²) in [5.74, 6) is -0.576. The standard InChI is InChI=1S/C61H96O5/c1-4-7-10-13-16-19-22-25-28-30-31-33-34-36-39-42-45-48-51-54-60(62)65-58-59(57-64-56-53-50-47-44-41-38-27-24-21-18-15-12-9-6-3)66-61(63)55-52-49-46-43-40-37-35-32-29-26-23-20-17-14-11-8-5-2/h7-8,10-11,16-17,19-21,24-26,28-29,31,33,35-37,39,43,45-46,48,59H,4-6,9,12-15,18,22-23,27,30,32,34,38,40-42,44,47,49-58H2,1-3H3/b10-7-,11-8-,19-16-,20-17-,24-21-,28-25-,29-26-,33-31-,37-35-,39-36-,46-43-,48-45-. The molecule has 370 valence electrons. The minimum atomic E-state index is -0.610. The van der Waals surface area contributed by atoms with Crippen LogP contribution in [0, 0.1) is 0 Å². The third-order valence-corrected chi connectivity index (χ3v) is 10.4. The Morgan fingerprint density at radius 3 is 1.17 bits per heavy atom. The zero-order chi connectivity index (χ0) is 47.7. The van der Waals surface area contributed by atoms with E-state index in [0.29, 0.717) is 25.9 Å². The first-order valence-corrected chi connectivity index (χ1v) is 26.4. The molecule has 66 heavy (non-hydrogen) atoms. The third kappa shape index (κ3) is 52.4. The highest BCUT2D eigenvalue weighted by molar-refractivity contribution is 5.70. The van der Waals surface area contributed by atoms with Crippen LogP contribution in [0.25, 0.3) is 0 Å². The zero-order valence-corrected chi connectivity index (χ0v) is 42.4. The van der Waals surface area contributed by atoms with Crippen LogP contribution in [-0.2, 0) is 23.8 Å². The number of allylic oxidation sites excluding steroid dienone is 24. The molecule has 0 saturated heterocycles. The average molecular weight is 909 g/mol. The normalized spacial score (nSPS) is 13.4. The first-order valence-electron chi connectivity index (χ1n) is 26.4. The molecule has 5 heteroatoms. The van der Waals surface area contributed by atoms with E-state index < -0.39 is 6.10 Å². The van der Waals surface area contributed by atoms with Crippen molar-refractivity contribution in [3.05, 3.63) is 146 Å². The third-order valence-electron chi connectivity index (χ3n) is 10.4. The maximum absolute atomic E-state index is 12.8. The topological polar surface area (TPSA) is 61.8 Å². The minimum absolute atomic E-state index is 0.0102. The van der Waals surface area contributed by atoms with Gasteiger partial charge in [-0.2, -0.15) is 0 Å². The second-order valence-electron chi connectivity index (χ2n) is 16.7. The van der Waals surface area contributed by atoms with E-state index in [0.717, 1.165) is 89.9 Å². The van der Waals surface area contributed by atoms with Crippen molar-refractivity contribution in [1.82, 2.24) is 0 Å². The van der Waals surface area contributed by atoms with Crippen LogP contribution < -0.4 is 0 Å². The number of ether oxygens (including phenoxy) is 3. The lowest BCUT2D eigenvalue weighted by Gasteiger charge is -2.18. The number of hydrogen-bond donors (Lipinski definition) is 0.